The van der Waals surface area contributed by atoms with Crippen LogP contribution in [0.15, 0.2) is 579 Å². The predicted octanol–water partition coefficient (Wildman–Crippen LogP) is 38.5. The van der Waals surface area contributed by atoms with Crippen molar-refractivity contribution in [1.29, 1.82) is 0 Å². The molecule has 146 heavy (non-hydrogen) atoms. The van der Waals surface area contributed by atoms with Crippen LogP contribution in [0.2, 0.25) is 0 Å². The van der Waals surface area contributed by atoms with Crippen LogP contribution < -0.4 is 9.80 Å². The number of anilines is 6. The van der Waals surface area contributed by atoms with Crippen LogP contribution in [0.3, 0.4) is 0 Å². The van der Waals surface area contributed by atoms with Crippen molar-refractivity contribution in [2.45, 2.75) is 10.8 Å². The van der Waals surface area contributed by atoms with E-state index >= 15 is 0 Å². The van der Waals surface area contributed by atoms with Gasteiger partial charge in [-0.05, 0) is 257 Å². The van der Waals surface area contributed by atoms with E-state index in [9.17, 15) is 0 Å². The van der Waals surface area contributed by atoms with Crippen molar-refractivity contribution in [1.82, 2.24) is 0 Å². The van der Waals surface area contributed by atoms with Crippen LogP contribution in [-0.2, 0) is 10.8 Å². The van der Waals surface area contributed by atoms with Crippen LogP contribution in [0.1, 0.15) is 44.5 Å². The van der Waals surface area contributed by atoms with Crippen molar-refractivity contribution in [3.8, 4) is 111 Å². The molecule has 0 amide bonds. The van der Waals surface area contributed by atoms with Crippen LogP contribution in [0, 0.1) is 0 Å². The maximum Gasteiger partial charge on any atom is 0.143 e. The average molecular weight is 1860 g/mol. The molecule has 0 spiro atoms. The number of benzene rings is 24. The molecular formula is C142H94N2O2. The largest absolute Gasteiger partial charge is 0.455 e. The second-order valence-corrected chi connectivity index (χ2v) is 38.3. The number of hydrogen-bond donors (Lipinski definition) is 0. The van der Waals surface area contributed by atoms with E-state index in [0.717, 1.165) is 123 Å². The third-order valence-corrected chi connectivity index (χ3v) is 30.3. The second-order valence-electron chi connectivity index (χ2n) is 38.3. The molecule has 0 saturated heterocycles. The summed E-state index contributed by atoms with van der Waals surface area (Å²) in [6.07, 6.45) is 0. The molecule has 0 aliphatic heterocycles. The summed E-state index contributed by atoms with van der Waals surface area (Å²) < 4.78 is 13.2. The van der Waals surface area contributed by atoms with Gasteiger partial charge in [0, 0.05) is 66.8 Å². The van der Waals surface area contributed by atoms with Crippen molar-refractivity contribution < 1.29 is 8.83 Å². The first-order chi connectivity index (χ1) is 72.4. The van der Waals surface area contributed by atoms with Gasteiger partial charge in [0.05, 0.1) is 10.8 Å². The highest BCUT2D eigenvalue weighted by molar-refractivity contribution is 6.12. The summed E-state index contributed by atoms with van der Waals surface area (Å²) >= 11 is 0. The van der Waals surface area contributed by atoms with Gasteiger partial charge in [0.1, 0.15) is 22.3 Å². The van der Waals surface area contributed by atoms with Gasteiger partial charge in [0.2, 0.25) is 0 Å². The standard InChI is InChI=1S/2C71H47NO/c1-3-22-54(23-4-1)71(55-24-5-2-6-25-55)66-35-11-9-30-65(66)69-61(32-17-36-67(69)71)52-20-13-26-57(46-52)72(58-27-14-21-53(47-58)62-33-16-34-64-63-29-10-12-37-68(63)73-70(62)64)56-44-42-49(43-45-56)48-38-40-51(41-39-48)60-31-15-19-50-18-7-8-28-59(50)60;1-3-21-56(22-4-1)71(57-23-5-2-6-24-57)66-32-11-9-28-65(66)69-61(29-16-33-67(69)71)54-19-13-25-59(46-54)72(60-26-14-20-55(47-60)62-30-15-31-64-63-27-10-12-34-68(63)73-70(62)64)58-43-41-50(42-44-58)49-35-37-51(38-36-49)53-40-39-48-17-7-8-18-52(48)45-53/h2*1-47H. The molecule has 2 aliphatic carbocycles. The highest BCUT2D eigenvalue weighted by atomic mass is 16.3. The van der Waals surface area contributed by atoms with E-state index in [1.54, 1.807) is 0 Å². The smallest absolute Gasteiger partial charge is 0.143 e. The summed E-state index contributed by atoms with van der Waals surface area (Å²) in [6, 6.07) is 208. The molecule has 0 unspecified atom stereocenters. The van der Waals surface area contributed by atoms with E-state index in [0.29, 0.717) is 0 Å². The first-order valence-electron chi connectivity index (χ1n) is 50.3. The number of furan rings is 2. The second kappa shape index (κ2) is 36.3. The molecule has 0 fully saturated rings. The molecule has 0 atom stereocenters. The van der Waals surface area contributed by atoms with E-state index < -0.39 is 10.8 Å². The van der Waals surface area contributed by atoms with Gasteiger partial charge in [-0.2, -0.15) is 0 Å². The van der Waals surface area contributed by atoms with Crippen molar-refractivity contribution in [3.05, 3.63) is 615 Å². The topological polar surface area (TPSA) is 32.8 Å². The van der Waals surface area contributed by atoms with Gasteiger partial charge in [-0.25, -0.2) is 0 Å². The van der Waals surface area contributed by atoms with Crippen molar-refractivity contribution in [3.63, 3.8) is 0 Å². The molecule has 24 aromatic carbocycles. The Balaban J connectivity index is 0.000000145. The van der Waals surface area contributed by atoms with Gasteiger partial charge < -0.3 is 18.6 Å². The SMILES string of the molecule is c1ccc(C2(c3ccccc3)c3ccccc3-c3c(-c4cccc(N(c5ccc(-c6ccc(-c7ccc8ccccc8c7)cc6)cc5)c5cccc(-c6cccc7c6oc6ccccc67)c5)c4)cccc32)cc1.c1ccc(C2(c3ccccc3)c3ccccc3-c3c(-c4cccc(N(c5ccc(-c6ccc(-c7cccc8ccccc78)cc6)cc5)c5cccc(-c6cccc7c6oc6ccccc67)c5)c4)cccc32)cc1. The monoisotopic (exact) mass is 1860 g/mol. The van der Waals surface area contributed by atoms with Crippen molar-refractivity contribution in [2.24, 2.45) is 0 Å². The summed E-state index contributed by atoms with van der Waals surface area (Å²) in [4.78, 5) is 4.79. The summed E-state index contributed by atoms with van der Waals surface area (Å²) in [7, 11) is 0. The van der Waals surface area contributed by atoms with Crippen LogP contribution in [-0.4, -0.2) is 0 Å². The molecule has 2 aromatic heterocycles. The molecule has 2 heterocycles. The van der Waals surface area contributed by atoms with Gasteiger partial charge in [-0.15, -0.1) is 0 Å². The Morgan fingerprint density at radius 2 is 0.425 bits per heavy atom. The Labute approximate surface area is 848 Å². The molecule has 2 aliphatic rings. The van der Waals surface area contributed by atoms with Gasteiger partial charge in [-0.3, -0.25) is 0 Å². The molecule has 0 radical (unpaired) electrons. The van der Waals surface area contributed by atoms with Crippen LogP contribution in [0.25, 0.3) is 177 Å². The van der Waals surface area contributed by atoms with Crippen LogP contribution in [0.4, 0.5) is 34.1 Å². The zero-order chi connectivity index (χ0) is 96.6. The van der Waals surface area contributed by atoms with E-state index in [-0.39, 0.29) is 0 Å². The third-order valence-electron chi connectivity index (χ3n) is 30.3. The van der Waals surface area contributed by atoms with Gasteiger partial charge in [0.25, 0.3) is 0 Å². The minimum absolute atomic E-state index is 0.490. The summed E-state index contributed by atoms with van der Waals surface area (Å²) in [5, 5.41) is 9.49. The van der Waals surface area contributed by atoms with Crippen LogP contribution in [0.5, 0.6) is 0 Å². The fraction of sp³-hybridized carbons (Fsp3) is 0.0141. The molecule has 26 aromatic rings. The van der Waals surface area contributed by atoms with Crippen LogP contribution >= 0.6 is 0 Å². The zero-order valence-corrected chi connectivity index (χ0v) is 80.0. The molecule has 684 valence electrons. The van der Waals surface area contributed by atoms with Gasteiger partial charge in [0.15, 0.2) is 0 Å². The van der Waals surface area contributed by atoms with Gasteiger partial charge in [-0.1, -0.05) is 479 Å². The Morgan fingerprint density at radius 1 is 0.144 bits per heavy atom. The number of nitrogens with zero attached hydrogens (tertiary/aromatic N) is 2. The summed E-state index contributed by atoms with van der Waals surface area (Å²) in [5.74, 6) is 0. The molecule has 0 bridgehead atoms. The van der Waals surface area contributed by atoms with E-state index in [4.69, 9.17) is 8.83 Å². The molecule has 28 rings (SSSR count). The fourth-order valence-corrected chi connectivity index (χ4v) is 23.7. The lowest BCUT2D eigenvalue weighted by molar-refractivity contribution is 0.669. The first-order valence-corrected chi connectivity index (χ1v) is 50.3. The lowest BCUT2D eigenvalue weighted by atomic mass is 9.67. The Bertz CT molecular complexity index is 9380. The number of fused-ring (bicyclic) bond motifs is 14. The lowest BCUT2D eigenvalue weighted by Crippen LogP contribution is -2.28. The molecule has 0 N–H and O–H groups in total. The molecular weight excluding hydrogens is 1770 g/mol. The third kappa shape index (κ3) is 14.7. The lowest BCUT2D eigenvalue weighted by Gasteiger charge is -2.34. The minimum Gasteiger partial charge on any atom is -0.455 e. The van der Waals surface area contributed by atoms with Gasteiger partial charge >= 0.3 is 0 Å². The van der Waals surface area contributed by atoms with Crippen molar-refractivity contribution in [2.75, 3.05) is 9.80 Å². The highest BCUT2D eigenvalue weighted by Crippen LogP contribution is 2.61. The Kier molecular flexibility index (Phi) is 21.4. The van der Waals surface area contributed by atoms with E-state index in [1.807, 2.05) is 12.1 Å². The molecule has 0 saturated carbocycles. The normalized spacial score (nSPS) is 12.5. The average Bonchev–Trinajstić information content (AvgIpc) is 1.53. The minimum atomic E-state index is -0.491. The van der Waals surface area contributed by atoms with E-state index in [1.165, 1.54) is 133 Å². The Morgan fingerprint density at radius 3 is 0.856 bits per heavy atom. The van der Waals surface area contributed by atoms with Crippen molar-refractivity contribution >= 4 is 99.5 Å². The first kappa shape index (κ1) is 86.1. The maximum atomic E-state index is 6.60. The van der Waals surface area contributed by atoms with E-state index in [2.05, 4.69) is 568 Å². The fourth-order valence-electron chi connectivity index (χ4n) is 23.7. The Hall–Kier alpha value is -19.0. The predicted molar refractivity (Wildman–Crippen MR) is 610 cm³/mol. The highest BCUT2D eigenvalue weighted by Gasteiger charge is 2.49. The number of rotatable bonds is 18. The number of hydrogen-bond acceptors (Lipinski definition) is 4. The zero-order valence-electron chi connectivity index (χ0n) is 80.0. The summed E-state index contributed by atoms with van der Waals surface area (Å²) in [6.45, 7) is 0. The quantitative estimate of drug-likeness (QED) is 0.0857. The number of para-hydroxylation sites is 4. The maximum absolute atomic E-state index is 6.60. The molecule has 4 heteroatoms. The molecule has 4 nitrogen and oxygen atoms in total. The summed E-state index contributed by atoms with van der Waals surface area (Å²) in [5.41, 5.74) is 42.7.